The Morgan fingerprint density at radius 2 is 2.19 bits per heavy atom. The molecule has 0 aromatic heterocycles. The van der Waals surface area contributed by atoms with Crippen LogP contribution in [0.1, 0.15) is 26.7 Å². The van der Waals surface area contributed by atoms with Crippen LogP contribution in [0, 0.1) is 5.92 Å². The van der Waals surface area contributed by atoms with Crippen LogP contribution in [-0.4, -0.2) is 47.7 Å². The number of ether oxygens (including phenoxy) is 1. The van der Waals surface area contributed by atoms with Crippen LogP contribution in [0.15, 0.2) is 0 Å². The smallest absolute Gasteiger partial charge is 0.306 e. The van der Waals surface area contributed by atoms with Gasteiger partial charge in [0.05, 0.1) is 19.1 Å². The van der Waals surface area contributed by atoms with Crippen LogP contribution in [0.5, 0.6) is 0 Å². The summed E-state index contributed by atoms with van der Waals surface area (Å²) in [7, 11) is 0. The molecule has 1 aliphatic heterocycles. The number of hydrogen-bond acceptors (Lipinski definition) is 3. The van der Waals surface area contributed by atoms with Gasteiger partial charge < -0.3 is 14.7 Å². The molecule has 0 saturated carbocycles. The normalized spacial score (nSPS) is 21.2. The molecule has 1 aliphatic rings. The highest BCUT2D eigenvalue weighted by Gasteiger charge is 2.25. The van der Waals surface area contributed by atoms with Gasteiger partial charge in [0.1, 0.15) is 0 Å². The van der Waals surface area contributed by atoms with E-state index in [2.05, 4.69) is 0 Å². The second-order valence-electron chi connectivity index (χ2n) is 4.53. The van der Waals surface area contributed by atoms with Gasteiger partial charge in [0, 0.05) is 19.5 Å². The quantitative estimate of drug-likeness (QED) is 0.772. The van der Waals surface area contributed by atoms with Crippen molar-refractivity contribution in [1.82, 2.24) is 4.90 Å². The lowest BCUT2D eigenvalue weighted by Gasteiger charge is -2.32. The van der Waals surface area contributed by atoms with Gasteiger partial charge in [-0.1, -0.05) is 13.8 Å². The van der Waals surface area contributed by atoms with Crippen LogP contribution in [-0.2, 0) is 14.3 Å². The summed E-state index contributed by atoms with van der Waals surface area (Å²) >= 11 is 0. The van der Waals surface area contributed by atoms with Gasteiger partial charge in [-0.15, -0.1) is 0 Å². The molecule has 1 unspecified atom stereocenters. The fourth-order valence-electron chi connectivity index (χ4n) is 1.74. The fourth-order valence-corrected chi connectivity index (χ4v) is 1.74. The van der Waals surface area contributed by atoms with Gasteiger partial charge in [0.25, 0.3) is 0 Å². The lowest BCUT2D eigenvalue weighted by molar-refractivity contribution is -0.148. The Morgan fingerprint density at radius 1 is 1.50 bits per heavy atom. The molecule has 0 radical (unpaired) electrons. The zero-order valence-corrected chi connectivity index (χ0v) is 9.81. The van der Waals surface area contributed by atoms with Crippen molar-refractivity contribution in [2.45, 2.75) is 32.8 Å². The van der Waals surface area contributed by atoms with Crippen LogP contribution in [0.3, 0.4) is 0 Å². The number of morpholine rings is 1. The van der Waals surface area contributed by atoms with Crippen molar-refractivity contribution in [3.63, 3.8) is 0 Å². The Labute approximate surface area is 95.4 Å². The number of nitrogens with zero attached hydrogens (tertiary/aromatic N) is 1. The molecule has 0 spiro atoms. The van der Waals surface area contributed by atoms with E-state index in [9.17, 15) is 9.59 Å². The van der Waals surface area contributed by atoms with Crippen molar-refractivity contribution in [3.05, 3.63) is 0 Å². The molecular formula is C11H19NO4. The third-order valence-electron chi connectivity index (χ3n) is 2.48. The van der Waals surface area contributed by atoms with E-state index in [1.807, 2.05) is 13.8 Å². The maximum Gasteiger partial charge on any atom is 0.306 e. The zero-order valence-electron chi connectivity index (χ0n) is 9.81. The Bertz CT molecular complexity index is 265. The minimum Gasteiger partial charge on any atom is -0.481 e. The molecule has 1 heterocycles. The molecule has 1 fully saturated rings. The lowest BCUT2D eigenvalue weighted by Crippen LogP contribution is -2.46. The first-order valence-corrected chi connectivity index (χ1v) is 5.60. The van der Waals surface area contributed by atoms with Crippen molar-refractivity contribution in [2.75, 3.05) is 19.7 Å². The van der Waals surface area contributed by atoms with Crippen molar-refractivity contribution in [3.8, 4) is 0 Å². The number of carboxylic acid groups (broad SMARTS) is 1. The van der Waals surface area contributed by atoms with E-state index >= 15 is 0 Å². The standard InChI is InChI=1S/C11H19NO4/c1-8(2)5-10(13)12-3-4-16-9(7-12)6-11(14)15/h8-9H,3-7H2,1-2H3,(H,14,15). The number of hydrogen-bond donors (Lipinski definition) is 1. The summed E-state index contributed by atoms with van der Waals surface area (Å²) in [5, 5.41) is 8.65. The van der Waals surface area contributed by atoms with E-state index < -0.39 is 5.97 Å². The molecule has 1 N–H and O–H groups in total. The molecule has 0 bridgehead atoms. The highest BCUT2D eigenvalue weighted by atomic mass is 16.5. The first kappa shape index (κ1) is 13.0. The molecule has 0 aromatic rings. The number of carboxylic acids is 1. The molecule has 92 valence electrons. The average Bonchev–Trinajstić information content (AvgIpc) is 2.16. The van der Waals surface area contributed by atoms with Crippen molar-refractivity contribution >= 4 is 11.9 Å². The van der Waals surface area contributed by atoms with Gasteiger partial charge in [-0.25, -0.2) is 0 Å². The summed E-state index contributed by atoms with van der Waals surface area (Å²) in [6.07, 6.45) is 0.119. The Morgan fingerprint density at radius 3 is 2.75 bits per heavy atom. The third-order valence-corrected chi connectivity index (χ3v) is 2.48. The average molecular weight is 229 g/mol. The van der Waals surface area contributed by atoms with E-state index in [4.69, 9.17) is 9.84 Å². The Kier molecular flexibility index (Phi) is 4.73. The van der Waals surface area contributed by atoms with Crippen molar-refractivity contribution in [2.24, 2.45) is 5.92 Å². The van der Waals surface area contributed by atoms with Gasteiger partial charge in [-0.2, -0.15) is 0 Å². The van der Waals surface area contributed by atoms with Gasteiger partial charge in [0.15, 0.2) is 0 Å². The minimum absolute atomic E-state index is 0.0363. The molecule has 0 aromatic carbocycles. The maximum atomic E-state index is 11.8. The number of carbonyl (C=O) groups excluding carboxylic acids is 1. The van der Waals surface area contributed by atoms with Crippen LogP contribution >= 0.6 is 0 Å². The van der Waals surface area contributed by atoms with E-state index in [0.29, 0.717) is 32.0 Å². The predicted octanol–water partition coefficient (Wildman–Crippen LogP) is 0.735. The van der Waals surface area contributed by atoms with Crippen molar-refractivity contribution in [1.29, 1.82) is 0 Å². The number of rotatable bonds is 4. The summed E-state index contributed by atoms with van der Waals surface area (Å²) in [5.74, 6) is -0.467. The summed E-state index contributed by atoms with van der Waals surface area (Å²) < 4.78 is 5.30. The maximum absolute atomic E-state index is 11.8. The Balaban J connectivity index is 2.43. The van der Waals surface area contributed by atoms with E-state index in [0.717, 1.165) is 0 Å². The second-order valence-corrected chi connectivity index (χ2v) is 4.53. The molecule has 0 aliphatic carbocycles. The highest BCUT2D eigenvalue weighted by molar-refractivity contribution is 5.76. The molecule has 5 nitrogen and oxygen atoms in total. The van der Waals surface area contributed by atoms with Crippen LogP contribution in [0.2, 0.25) is 0 Å². The van der Waals surface area contributed by atoms with E-state index in [1.165, 1.54) is 0 Å². The minimum atomic E-state index is -0.886. The first-order chi connectivity index (χ1) is 7.49. The SMILES string of the molecule is CC(C)CC(=O)N1CCOC(CC(=O)O)C1. The monoisotopic (exact) mass is 229 g/mol. The molecule has 1 amide bonds. The molecule has 1 rings (SSSR count). The van der Waals surface area contributed by atoms with Crippen LogP contribution in [0.4, 0.5) is 0 Å². The molecular weight excluding hydrogens is 210 g/mol. The summed E-state index contributed by atoms with van der Waals surface area (Å²) in [6.45, 7) is 5.39. The molecule has 1 atom stereocenters. The molecule has 16 heavy (non-hydrogen) atoms. The molecule has 5 heteroatoms. The largest absolute Gasteiger partial charge is 0.481 e. The Hall–Kier alpha value is -1.10. The van der Waals surface area contributed by atoms with Gasteiger partial charge in [-0.05, 0) is 5.92 Å². The zero-order chi connectivity index (χ0) is 12.1. The number of aliphatic carboxylic acids is 1. The lowest BCUT2D eigenvalue weighted by atomic mass is 10.1. The summed E-state index contributed by atoms with van der Waals surface area (Å²) in [5.41, 5.74) is 0. The highest BCUT2D eigenvalue weighted by Crippen LogP contribution is 2.12. The third kappa shape index (κ3) is 4.18. The van der Waals surface area contributed by atoms with Gasteiger partial charge in [0.2, 0.25) is 5.91 Å². The molecule has 1 saturated heterocycles. The first-order valence-electron chi connectivity index (χ1n) is 5.60. The van der Waals surface area contributed by atoms with Gasteiger partial charge in [-0.3, -0.25) is 9.59 Å². The van der Waals surface area contributed by atoms with Gasteiger partial charge >= 0.3 is 5.97 Å². The van der Waals surface area contributed by atoms with Crippen LogP contribution < -0.4 is 0 Å². The predicted molar refractivity (Wildman–Crippen MR) is 58.0 cm³/mol. The summed E-state index contributed by atoms with van der Waals surface area (Å²) in [4.78, 5) is 24.0. The second kappa shape index (κ2) is 5.84. The van der Waals surface area contributed by atoms with E-state index in [-0.39, 0.29) is 18.4 Å². The topological polar surface area (TPSA) is 66.8 Å². The van der Waals surface area contributed by atoms with Crippen LogP contribution in [0.25, 0.3) is 0 Å². The number of amides is 1. The van der Waals surface area contributed by atoms with E-state index in [1.54, 1.807) is 4.90 Å². The fraction of sp³-hybridized carbons (Fsp3) is 0.818. The van der Waals surface area contributed by atoms with Crippen molar-refractivity contribution < 1.29 is 19.4 Å². The summed E-state index contributed by atoms with van der Waals surface area (Å²) in [6, 6.07) is 0. The number of carbonyl (C=O) groups is 2.